The Kier molecular flexibility index (Phi) is 4.59. The van der Waals surface area contributed by atoms with Gasteiger partial charge in [0.05, 0.1) is 6.61 Å². The van der Waals surface area contributed by atoms with Crippen molar-refractivity contribution < 1.29 is 13.5 Å². The van der Waals surface area contributed by atoms with E-state index in [1.54, 1.807) is 30.3 Å². The lowest BCUT2D eigenvalue weighted by Crippen LogP contribution is -2.22. The lowest BCUT2D eigenvalue weighted by Gasteiger charge is -2.05. The second kappa shape index (κ2) is 6.02. The van der Waals surface area contributed by atoms with E-state index in [4.69, 9.17) is 16.7 Å². The van der Waals surface area contributed by atoms with Gasteiger partial charge in [0.1, 0.15) is 4.21 Å². The molecule has 19 heavy (non-hydrogen) atoms. The van der Waals surface area contributed by atoms with Crippen LogP contribution in [0.2, 0.25) is 5.02 Å². The topological polar surface area (TPSA) is 66.4 Å². The highest BCUT2D eigenvalue weighted by Gasteiger charge is 2.16. The fraction of sp³-hybridized carbons (Fsp3) is 0.167. The maximum Gasteiger partial charge on any atom is 0.250 e. The molecule has 1 aromatic heterocycles. The summed E-state index contributed by atoms with van der Waals surface area (Å²) in [6, 6.07) is 10.0. The zero-order valence-electron chi connectivity index (χ0n) is 9.84. The third-order valence-corrected chi connectivity index (χ3v) is 5.65. The Morgan fingerprint density at radius 1 is 1.16 bits per heavy atom. The monoisotopic (exact) mass is 317 g/mol. The van der Waals surface area contributed by atoms with Crippen molar-refractivity contribution in [1.82, 2.24) is 4.72 Å². The van der Waals surface area contributed by atoms with Gasteiger partial charge in [0.25, 0.3) is 0 Å². The van der Waals surface area contributed by atoms with Gasteiger partial charge in [0.15, 0.2) is 0 Å². The van der Waals surface area contributed by atoms with Crippen molar-refractivity contribution in [1.29, 1.82) is 0 Å². The number of benzene rings is 1. The molecule has 0 aliphatic carbocycles. The summed E-state index contributed by atoms with van der Waals surface area (Å²) in [5.41, 5.74) is 0.826. The van der Waals surface area contributed by atoms with Crippen molar-refractivity contribution in [3.05, 3.63) is 51.9 Å². The first-order valence-electron chi connectivity index (χ1n) is 5.45. The summed E-state index contributed by atoms with van der Waals surface area (Å²) in [6.07, 6.45) is 0. The van der Waals surface area contributed by atoms with Crippen LogP contribution in [0, 0.1) is 0 Å². The summed E-state index contributed by atoms with van der Waals surface area (Å²) >= 11 is 6.81. The Labute approximate surface area is 120 Å². The lowest BCUT2D eigenvalue weighted by atomic mass is 10.2. The van der Waals surface area contributed by atoms with Crippen LogP contribution in [0.3, 0.4) is 0 Å². The molecular formula is C12H12ClNO3S2. The minimum absolute atomic E-state index is 0.155. The highest BCUT2D eigenvalue weighted by atomic mass is 35.5. The number of hydrogen-bond acceptors (Lipinski definition) is 4. The molecule has 1 aromatic carbocycles. The van der Waals surface area contributed by atoms with Gasteiger partial charge in [-0.3, -0.25) is 0 Å². The van der Waals surface area contributed by atoms with E-state index in [1.165, 1.54) is 6.07 Å². The highest BCUT2D eigenvalue weighted by molar-refractivity contribution is 7.91. The molecule has 0 fully saturated rings. The predicted octanol–water partition coefficient (Wildman–Crippen LogP) is 2.37. The fourth-order valence-electron chi connectivity index (χ4n) is 1.44. The van der Waals surface area contributed by atoms with Gasteiger partial charge in [0.2, 0.25) is 10.0 Å². The Bertz CT molecular complexity index is 650. The Hall–Kier alpha value is -0.920. The Balaban J connectivity index is 2.07. The minimum atomic E-state index is -3.53. The molecule has 2 N–H and O–H groups in total. The van der Waals surface area contributed by atoms with E-state index in [9.17, 15) is 8.42 Å². The molecule has 0 amide bonds. The van der Waals surface area contributed by atoms with Gasteiger partial charge in [-0.2, -0.15) is 0 Å². The van der Waals surface area contributed by atoms with Crippen LogP contribution in [-0.2, 0) is 23.2 Å². The Morgan fingerprint density at radius 3 is 2.42 bits per heavy atom. The normalized spacial score (nSPS) is 11.7. The minimum Gasteiger partial charge on any atom is -0.391 e. The third-order valence-electron chi connectivity index (χ3n) is 2.44. The number of aliphatic hydroxyl groups excluding tert-OH is 1. The first-order valence-corrected chi connectivity index (χ1v) is 8.13. The van der Waals surface area contributed by atoms with Crippen LogP contribution in [0.5, 0.6) is 0 Å². The predicted molar refractivity (Wildman–Crippen MR) is 75.7 cm³/mol. The summed E-state index contributed by atoms with van der Waals surface area (Å²) in [6.45, 7) is 0.0449. The molecule has 102 valence electrons. The van der Waals surface area contributed by atoms with E-state index in [1.807, 2.05) is 0 Å². The first-order chi connectivity index (χ1) is 9.01. The highest BCUT2D eigenvalue weighted by Crippen LogP contribution is 2.21. The van der Waals surface area contributed by atoms with Gasteiger partial charge < -0.3 is 5.11 Å². The maximum atomic E-state index is 12.0. The second-order valence-electron chi connectivity index (χ2n) is 3.83. The van der Waals surface area contributed by atoms with Crippen LogP contribution < -0.4 is 4.72 Å². The number of halogens is 1. The molecule has 0 atom stereocenters. The van der Waals surface area contributed by atoms with E-state index in [0.29, 0.717) is 9.90 Å². The molecule has 1 heterocycles. The molecular weight excluding hydrogens is 306 g/mol. The number of thiophene rings is 1. The summed E-state index contributed by atoms with van der Waals surface area (Å²) in [4.78, 5) is 0.617. The Morgan fingerprint density at radius 2 is 1.84 bits per heavy atom. The van der Waals surface area contributed by atoms with Crippen LogP contribution in [0.1, 0.15) is 10.4 Å². The molecule has 0 saturated carbocycles. The number of sulfonamides is 1. The van der Waals surface area contributed by atoms with E-state index in [0.717, 1.165) is 16.9 Å². The molecule has 0 aliphatic heterocycles. The van der Waals surface area contributed by atoms with E-state index >= 15 is 0 Å². The van der Waals surface area contributed by atoms with Gasteiger partial charge in [0, 0.05) is 16.4 Å². The molecule has 0 radical (unpaired) electrons. The van der Waals surface area contributed by atoms with Crippen LogP contribution in [0.4, 0.5) is 0 Å². The number of hydrogen-bond donors (Lipinski definition) is 2. The summed E-state index contributed by atoms with van der Waals surface area (Å²) in [5, 5.41) is 9.54. The van der Waals surface area contributed by atoms with Gasteiger partial charge in [-0.15, -0.1) is 11.3 Å². The van der Waals surface area contributed by atoms with Crippen molar-refractivity contribution in [2.75, 3.05) is 0 Å². The number of aliphatic hydroxyl groups is 1. The van der Waals surface area contributed by atoms with E-state index in [-0.39, 0.29) is 17.4 Å². The smallest absolute Gasteiger partial charge is 0.250 e. The largest absolute Gasteiger partial charge is 0.391 e. The molecule has 4 nitrogen and oxygen atoms in total. The van der Waals surface area contributed by atoms with Crippen molar-refractivity contribution in [3.63, 3.8) is 0 Å². The van der Waals surface area contributed by atoms with Crippen molar-refractivity contribution in [2.24, 2.45) is 0 Å². The van der Waals surface area contributed by atoms with Crippen LogP contribution in [-0.4, -0.2) is 13.5 Å². The quantitative estimate of drug-likeness (QED) is 0.889. The average Bonchev–Trinajstić information content (AvgIpc) is 2.88. The third kappa shape index (κ3) is 3.77. The van der Waals surface area contributed by atoms with Crippen LogP contribution in [0.25, 0.3) is 0 Å². The number of nitrogens with one attached hydrogen (secondary N) is 1. The fourth-order valence-corrected chi connectivity index (χ4v) is 3.84. The average molecular weight is 318 g/mol. The summed E-state index contributed by atoms with van der Waals surface area (Å²) in [7, 11) is -3.53. The van der Waals surface area contributed by atoms with E-state index < -0.39 is 10.0 Å². The molecule has 2 aromatic rings. The first kappa shape index (κ1) is 14.5. The second-order valence-corrected chi connectivity index (χ2v) is 7.43. The molecule has 2 rings (SSSR count). The van der Waals surface area contributed by atoms with Crippen molar-refractivity contribution >= 4 is 33.0 Å². The SMILES string of the molecule is O=S(=O)(NCc1ccc(Cl)cc1)c1ccc(CO)s1. The summed E-state index contributed by atoms with van der Waals surface area (Å²) in [5.74, 6) is 0. The molecule has 0 unspecified atom stereocenters. The maximum absolute atomic E-state index is 12.0. The van der Waals surface area contributed by atoms with Gasteiger partial charge in [-0.05, 0) is 29.8 Å². The lowest BCUT2D eigenvalue weighted by molar-refractivity contribution is 0.285. The van der Waals surface area contributed by atoms with Crippen LogP contribution >= 0.6 is 22.9 Å². The zero-order chi connectivity index (χ0) is 13.9. The van der Waals surface area contributed by atoms with Crippen molar-refractivity contribution in [3.8, 4) is 0 Å². The standard InChI is InChI=1S/C12H12ClNO3S2/c13-10-3-1-9(2-4-10)7-14-19(16,17)12-6-5-11(8-15)18-12/h1-6,14-15H,7-8H2. The molecule has 0 aliphatic rings. The molecule has 7 heteroatoms. The van der Waals surface area contributed by atoms with Crippen LogP contribution in [0.15, 0.2) is 40.6 Å². The molecule has 0 spiro atoms. The van der Waals surface area contributed by atoms with Gasteiger partial charge >= 0.3 is 0 Å². The summed E-state index contributed by atoms with van der Waals surface area (Å²) < 4.78 is 26.7. The molecule has 0 bridgehead atoms. The number of rotatable bonds is 5. The van der Waals surface area contributed by atoms with E-state index in [2.05, 4.69) is 4.72 Å². The van der Waals surface area contributed by atoms with Gasteiger partial charge in [-0.25, -0.2) is 13.1 Å². The zero-order valence-corrected chi connectivity index (χ0v) is 12.2. The van der Waals surface area contributed by atoms with Gasteiger partial charge in [-0.1, -0.05) is 23.7 Å². The molecule has 0 saturated heterocycles. The van der Waals surface area contributed by atoms with Crippen molar-refractivity contribution in [2.45, 2.75) is 17.4 Å².